The zero-order chi connectivity index (χ0) is 21.6. The van der Waals surface area contributed by atoms with Gasteiger partial charge in [0.1, 0.15) is 17.8 Å². The number of hydrogen-bond donors (Lipinski definition) is 2. The van der Waals surface area contributed by atoms with Gasteiger partial charge in [-0.15, -0.1) is 0 Å². The SMILES string of the molecule is CC(C)N1CCC(N2CCCN(c3cccc(C(=O)NCC4NC=CO4)n3)CC2)CC1. The number of nitrogens with one attached hydrogen (secondary N) is 2. The van der Waals surface area contributed by atoms with E-state index in [0.29, 0.717) is 24.3 Å². The van der Waals surface area contributed by atoms with Crippen molar-refractivity contribution in [2.45, 2.75) is 51.4 Å². The highest BCUT2D eigenvalue weighted by Crippen LogP contribution is 2.21. The lowest BCUT2D eigenvalue weighted by molar-refractivity contribution is 0.0900. The van der Waals surface area contributed by atoms with Crippen molar-refractivity contribution in [3.63, 3.8) is 0 Å². The third-order valence-corrected chi connectivity index (χ3v) is 6.61. The molecule has 0 aromatic carbocycles. The van der Waals surface area contributed by atoms with Gasteiger partial charge >= 0.3 is 0 Å². The number of hydrogen-bond acceptors (Lipinski definition) is 7. The van der Waals surface area contributed by atoms with Crippen molar-refractivity contribution in [3.8, 4) is 0 Å². The number of likely N-dealkylation sites (tertiary alicyclic amines) is 1. The minimum atomic E-state index is -0.212. The van der Waals surface area contributed by atoms with Crippen molar-refractivity contribution in [1.82, 2.24) is 25.4 Å². The first-order valence-corrected chi connectivity index (χ1v) is 11.6. The molecular weight excluding hydrogens is 392 g/mol. The molecule has 4 heterocycles. The molecule has 2 N–H and O–H groups in total. The molecule has 2 saturated heterocycles. The summed E-state index contributed by atoms with van der Waals surface area (Å²) in [5.74, 6) is 0.716. The van der Waals surface area contributed by atoms with Crippen LogP contribution in [0.3, 0.4) is 0 Å². The van der Waals surface area contributed by atoms with Gasteiger partial charge in [0.05, 0.1) is 6.54 Å². The molecule has 3 aliphatic rings. The van der Waals surface area contributed by atoms with E-state index in [0.717, 1.165) is 38.4 Å². The fraction of sp³-hybridized carbons (Fsp3) is 0.652. The fourth-order valence-corrected chi connectivity index (χ4v) is 4.73. The average molecular weight is 429 g/mol. The largest absolute Gasteiger partial charge is 0.475 e. The zero-order valence-electron chi connectivity index (χ0n) is 18.8. The van der Waals surface area contributed by atoms with Crippen LogP contribution < -0.4 is 15.5 Å². The van der Waals surface area contributed by atoms with Crippen LogP contribution in [0.15, 0.2) is 30.7 Å². The second-order valence-corrected chi connectivity index (χ2v) is 8.92. The van der Waals surface area contributed by atoms with E-state index in [1.54, 1.807) is 18.5 Å². The van der Waals surface area contributed by atoms with Gasteiger partial charge in [0.2, 0.25) is 0 Å². The van der Waals surface area contributed by atoms with Crippen LogP contribution in [0.2, 0.25) is 0 Å². The van der Waals surface area contributed by atoms with Crippen molar-refractivity contribution in [1.29, 1.82) is 0 Å². The predicted molar refractivity (Wildman–Crippen MR) is 122 cm³/mol. The van der Waals surface area contributed by atoms with Gasteiger partial charge in [0, 0.05) is 44.5 Å². The number of nitrogens with zero attached hydrogens (tertiary/aromatic N) is 4. The number of amides is 1. The van der Waals surface area contributed by atoms with Crippen LogP contribution >= 0.6 is 0 Å². The van der Waals surface area contributed by atoms with Gasteiger partial charge in [-0.25, -0.2) is 4.98 Å². The van der Waals surface area contributed by atoms with Crippen molar-refractivity contribution >= 4 is 11.7 Å². The van der Waals surface area contributed by atoms with Crippen molar-refractivity contribution in [2.75, 3.05) is 50.7 Å². The van der Waals surface area contributed by atoms with E-state index in [1.807, 2.05) is 12.1 Å². The molecule has 1 aromatic rings. The lowest BCUT2D eigenvalue weighted by Gasteiger charge is -2.39. The van der Waals surface area contributed by atoms with E-state index in [1.165, 1.54) is 25.9 Å². The van der Waals surface area contributed by atoms with E-state index in [9.17, 15) is 4.79 Å². The Bertz CT molecular complexity index is 754. The maximum absolute atomic E-state index is 12.5. The van der Waals surface area contributed by atoms with Gasteiger partial charge in [-0.1, -0.05) is 6.07 Å². The Morgan fingerprint density at radius 3 is 2.77 bits per heavy atom. The van der Waals surface area contributed by atoms with Crippen LogP contribution in [0.25, 0.3) is 0 Å². The third-order valence-electron chi connectivity index (χ3n) is 6.61. The molecule has 1 unspecified atom stereocenters. The summed E-state index contributed by atoms with van der Waals surface area (Å²) in [4.78, 5) is 24.8. The number of pyridine rings is 1. The molecule has 0 radical (unpaired) electrons. The minimum Gasteiger partial charge on any atom is -0.475 e. The zero-order valence-corrected chi connectivity index (χ0v) is 18.8. The molecule has 0 spiro atoms. The highest BCUT2D eigenvalue weighted by molar-refractivity contribution is 5.92. The fourth-order valence-electron chi connectivity index (χ4n) is 4.73. The Labute approximate surface area is 185 Å². The van der Waals surface area contributed by atoms with E-state index in [2.05, 4.69) is 44.2 Å². The highest BCUT2D eigenvalue weighted by Gasteiger charge is 2.27. The van der Waals surface area contributed by atoms with Gasteiger partial charge in [-0.3, -0.25) is 9.69 Å². The molecule has 31 heavy (non-hydrogen) atoms. The molecule has 0 bridgehead atoms. The smallest absolute Gasteiger partial charge is 0.270 e. The first-order valence-electron chi connectivity index (χ1n) is 11.6. The summed E-state index contributed by atoms with van der Waals surface area (Å²) in [6.45, 7) is 11.5. The number of carbonyl (C=O) groups is 1. The van der Waals surface area contributed by atoms with Crippen LogP contribution in [0.1, 0.15) is 43.6 Å². The topological polar surface area (TPSA) is 73.0 Å². The summed E-state index contributed by atoms with van der Waals surface area (Å²) in [5.41, 5.74) is 0.450. The first kappa shape index (κ1) is 21.9. The number of aromatic nitrogens is 1. The summed E-state index contributed by atoms with van der Waals surface area (Å²) in [7, 11) is 0. The quantitative estimate of drug-likeness (QED) is 0.713. The first-order chi connectivity index (χ1) is 15.1. The standard InChI is InChI=1S/C23H36N6O2/c1-18(2)27-12-7-19(8-13-27)28-10-4-11-29(15-14-28)21-6-3-5-20(26-21)23(30)25-17-22-24-9-16-31-22/h3,5-6,9,16,18-19,22,24H,4,7-8,10-15,17H2,1-2H3,(H,25,30). The van der Waals surface area contributed by atoms with Crippen LogP contribution in [-0.4, -0.2) is 84.8 Å². The van der Waals surface area contributed by atoms with E-state index >= 15 is 0 Å². The number of rotatable bonds is 6. The average Bonchev–Trinajstić information content (AvgIpc) is 3.20. The molecule has 1 atom stereocenters. The molecule has 0 aliphatic carbocycles. The van der Waals surface area contributed by atoms with E-state index < -0.39 is 0 Å². The highest BCUT2D eigenvalue weighted by atomic mass is 16.5. The molecule has 1 aromatic heterocycles. The van der Waals surface area contributed by atoms with E-state index in [-0.39, 0.29) is 12.1 Å². The summed E-state index contributed by atoms with van der Waals surface area (Å²) < 4.78 is 5.31. The van der Waals surface area contributed by atoms with Gasteiger partial charge in [0.15, 0.2) is 6.23 Å². The van der Waals surface area contributed by atoms with Gasteiger partial charge in [-0.05, 0) is 58.3 Å². The monoisotopic (exact) mass is 428 g/mol. The molecule has 3 aliphatic heterocycles. The predicted octanol–water partition coefficient (Wildman–Crippen LogP) is 1.61. The van der Waals surface area contributed by atoms with Gasteiger partial charge < -0.3 is 25.2 Å². The maximum Gasteiger partial charge on any atom is 0.270 e. The lowest BCUT2D eigenvalue weighted by atomic mass is 10.0. The summed E-state index contributed by atoms with van der Waals surface area (Å²) in [6, 6.07) is 7.05. The Morgan fingerprint density at radius 1 is 1.19 bits per heavy atom. The van der Waals surface area contributed by atoms with Crippen LogP contribution in [0, 0.1) is 0 Å². The lowest BCUT2D eigenvalue weighted by Crippen LogP contribution is -2.47. The minimum absolute atomic E-state index is 0.174. The molecular formula is C23H36N6O2. The Balaban J connectivity index is 1.30. The molecule has 2 fully saturated rings. The van der Waals surface area contributed by atoms with Crippen LogP contribution in [-0.2, 0) is 4.74 Å². The molecule has 0 saturated carbocycles. The Hall–Kier alpha value is -2.32. The van der Waals surface area contributed by atoms with Crippen molar-refractivity contribution < 1.29 is 9.53 Å². The number of piperidine rings is 1. The van der Waals surface area contributed by atoms with E-state index in [4.69, 9.17) is 4.74 Å². The second kappa shape index (κ2) is 10.3. The van der Waals surface area contributed by atoms with Crippen LogP contribution in [0.5, 0.6) is 0 Å². The summed E-state index contributed by atoms with van der Waals surface area (Å²) in [6.07, 6.45) is 6.76. The van der Waals surface area contributed by atoms with Gasteiger partial charge in [-0.2, -0.15) is 0 Å². The number of anilines is 1. The number of carbonyl (C=O) groups excluding carboxylic acids is 1. The Kier molecular flexibility index (Phi) is 7.29. The maximum atomic E-state index is 12.5. The Morgan fingerprint density at radius 2 is 2.03 bits per heavy atom. The molecule has 170 valence electrons. The molecule has 8 heteroatoms. The molecule has 4 rings (SSSR count). The molecule has 1 amide bonds. The van der Waals surface area contributed by atoms with Gasteiger partial charge in [0.25, 0.3) is 5.91 Å². The summed E-state index contributed by atoms with van der Waals surface area (Å²) in [5, 5.41) is 5.90. The third kappa shape index (κ3) is 5.68. The second-order valence-electron chi connectivity index (χ2n) is 8.92. The van der Waals surface area contributed by atoms with Crippen molar-refractivity contribution in [3.05, 3.63) is 36.4 Å². The van der Waals surface area contributed by atoms with Crippen LogP contribution in [0.4, 0.5) is 5.82 Å². The number of ether oxygens (including phenoxy) is 1. The molecule has 8 nitrogen and oxygen atoms in total. The normalized spacial score (nSPS) is 23.5. The summed E-state index contributed by atoms with van der Waals surface area (Å²) >= 11 is 0. The van der Waals surface area contributed by atoms with Crippen molar-refractivity contribution in [2.24, 2.45) is 0 Å².